The Labute approximate surface area is 154 Å². The Bertz CT molecular complexity index is 1060. The summed E-state index contributed by atoms with van der Waals surface area (Å²) in [4.78, 5) is 0.0571. The minimum absolute atomic E-state index is 0.0571. The number of rotatable bonds is 6. The maximum atomic E-state index is 12.4. The van der Waals surface area contributed by atoms with Crippen molar-refractivity contribution in [2.45, 2.75) is 11.4 Å². The largest absolute Gasteiger partial charge is 0.497 e. The number of nitrogens with one attached hydrogen (secondary N) is 1. The van der Waals surface area contributed by atoms with Crippen LogP contribution in [-0.4, -0.2) is 32.5 Å². The van der Waals surface area contributed by atoms with Crippen molar-refractivity contribution < 1.29 is 27.0 Å². The lowest BCUT2D eigenvalue weighted by Crippen LogP contribution is -2.23. The van der Waals surface area contributed by atoms with Crippen molar-refractivity contribution >= 4 is 10.0 Å². The van der Waals surface area contributed by atoms with E-state index in [1.807, 2.05) is 0 Å². The molecule has 0 saturated heterocycles. The zero-order valence-corrected chi connectivity index (χ0v) is 15.0. The molecular formula is C17H15N3O6S. The van der Waals surface area contributed by atoms with Crippen LogP contribution in [0.4, 0.5) is 0 Å². The van der Waals surface area contributed by atoms with Crippen LogP contribution in [-0.2, 0) is 16.6 Å². The molecular weight excluding hydrogens is 374 g/mol. The fraction of sp³-hybridized carbons (Fsp3) is 0.176. The lowest BCUT2D eigenvalue weighted by Gasteiger charge is -2.05. The van der Waals surface area contributed by atoms with Crippen LogP contribution in [0.15, 0.2) is 51.8 Å². The number of methoxy groups -OCH3 is 1. The molecule has 0 bridgehead atoms. The van der Waals surface area contributed by atoms with Crippen LogP contribution in [0.1, 0.15) is 5.89 Å². The maximum Gasteiger partial charge on any atom is 0.247 e. The molecule has 0 aliphatic carbocycles. The highest BCUT2D eigenvalue weighted by atomic mass is 32.2. The number of nitrogens with zero attached hydrogens (tertiary/aromatic N) is 2. The van der Waals surface area contributed by atoms with Gasteiger partial charge >= 0.3 is 0 Å². The Hall–Kier alpha value is -3.11. The van der Waals surface area contributed by atoms with Gasteiger partial charge in [-0.2, -0.15) is 0 Å². The third-order valence-corrected chi connectivity index (χ3v) is 5.27. The van der Waals surface area contributed by atoms with E-state index in [0.717, 1.165) is 0 Å². The van der Waals surface area contributed by atoms with E-state index < -0.39 is 10.0 Å². The molecule has 0 fully saturated rings. The van der Waals surface area contributed by atoms with Gasteiger partial charge in [-0.05, 0) is 36.4 Å². The van der Waals surface area contributed by atoms with E-state index >= 15 is 0 Å². The molecule has 1 aliphatic rings. The Morgan fingerprint density at radius 3 is 2.63 bits per heavy atom. The van der Waals surface area contributed by atoms with Crippen LogP contribution in [0.3, 0.4) is 0 Å². The van der Waals surface area contributed by atoms with E-state index in [0.29, 0.717) is 22.8 Å². The third kappa shape index (κ3) is 3.57. The highest BCUT2D eigenvalue weighted by Gasteiger charge is 2.21. The lowest BCUT2D eigenvalue weighted by molar-refractivity contribution is 0.174. The standard InChI is InChI=1S/C17H15N3O6S/c1-23-12-4-2-11(3-5-12)17-20-19-16(26-17)9-18-27(21,22)13-6-7-14-15(8-13)25-10-24-14/h2-8,18H,9-10H2,1H3. The van der Waals surface area contributed by atoms with Gasteiger partial charge in [-0.25, -0.2) is 13.1 Å². The molecule has 0 atom stereocenters. The average Bonchev–Trinajstić information content (AvgIpc) is 3.35. The molecule has 0 unspecified atom stereocenters. The van der Waals surface area contributed by atoms with Crippen molar-refractivity contribution in [3.63, 3.8) is 0 Å². The summed E-state index contributed by atoms with van der Waals surface area (Å²) in [5, 5.41) is 7.80. The van der Waals surface area contributed by atoms with Gasteiger partial charge in [-0.3, -0.25) is 0 Å². The molecule has 140 valence electrons. The highest BCUT2D eigenvalue weighted by Crippen LogP contribution is 2.33. The zero-order valence-electron chi connectivity index (χ0n) is 14.2. The number of fused-ring (bicyclic) bond motifs is 1. The Kier molecular flexibility index (Phi) is 4.42. The van der Waals surface area contributed by atoms with Gasteiger partial charge in [-0.1, -0.05) is 0 Å². The summed E-state index contributed by atoms with van der Waals surface area (Å²) < 4.78 is 48.3. The first kappa shape index (κ1) is 17.3. The number of sulfonamides is 1. The molecule has 27 heavy (non-hydrogen) atoms. The molecule has 0 spiro atoms. The lowest BCUT2D eigenvalue weighted by atomic mass is 10.2. The van der Waals surface area contributed by atoms with Crippen LogP contribution in [0, 0.1) is 0 Å². The summed E-state index contributed by atoms with van der Waals surface area (Å²) in [5.41, 5.74) is 0.702. The molecule has 3 aromatic rings. The molecule has 0 radical (unpaired) electrons. The van der Waals surface area contributed by atoms with Gasteiger partial charge in [0.1, 0.15) is 5.75 Å². The van der Waals surface area contributed by atoms with E-state index in [2.05, 4.69) is 14.9 Å². The quantitative estimate of drug-likeness (QED) is 0.681. The first-order chi connectivity index (χ1) is 13.0. The van der Waals surface area contributed by atoms with E-state index in [1.54, 1.807) is 37.4 Å². The molecule has 1 aliphatic heterocycles. The van der Waals surface area contributed by atoms with Gasteiger partial charge in [0.15, 0.2) is 11.5 Å². The second-order valence-electron chi connectivity index (χ2n) is 5.57. The van der Waals surface area contributed by atoms with Gasteiger partial charge in [0, 0.05) is 11.6 Å². The normalized spacial score (nSPS) is 12.9. The van der Waals surface area contributed by atoms with E-state index in [-0.39, 0.29) is 30.0 Å². The molecule has 0 amide bonds. The van der Waals surface area contributed by atoms with Gasteiger partial charge in [0.2, 0.25) is 28.6 Å². The zero-order chi connectivity index (χ0) is 18.9. The average molecular weight is 389 g/mol. The topological polar surface area (TPSA) is 113 Å². The first-order valence-corrected chi connectivity index (χ1v) is 9.39. The number of aromatic nitrogens is 2. The SMILES string of the molecule is COc1ccc(-c2nnc(CNS(=O)(=O)c3ccc4c(c3)OCO4)o2)cc1. The monoisotopic (exact) mass is 389 g/mol. The minimum atomic E-state index is -3.77. The number of benzene rings is 2. The van der Waals surface area contributed by atoms with Crippen LogP contribution in [0.5, 0.6) is 17.2 Å². The summed E-state index contributed by atoms with van der Waals surface area (Å²) in [6.07, 6.45) is 0. The van der Waals surface area contributed by atoms with Crippen molar-refractivity contribution in [3.8, 4) is 28.7 Å². The molecule has 4 rings (SSSR count). The van der Waals surface area contributed by atoms with Crippen LogP contribution >= 0.6 is 0 Å². The van der Waals surface area contributed by atoms with Gasteiger partial charge < -0.3 is 18.6 Å². The smallest absolute Gasteiger partial charge is 0.247 e. The number of hydrogen-bond acceptors (Lipinski definition) is 8. The minimum Gasteiger partial charge on any atom is -0.497 e. The molecule has 2 aromatic carbocycles. The van der Waals surface area contributed by atoms with Crippen molar-refractivity contribution in [3.05, 3.63) is 48.4 Å². The predicted octanol–water partition coefficient (Wildman–Crippen LogP) is 1.95. The van der Waals surface area contributed by atoms with Crippen LogP contribution < -0.4 is 18.9 Å². The van der Waals surface area contributed by atoms with Crippen molar-refractivity contribution in [1.82, 2.24) is 14.9 Å². The van der Waals surface area contributed by atoms with Crippen LogP contribution in [0.2, 0.25) is 0 Å². The number of ether oxygens (including phenoxy) is 3. The summed E-state index contributed by atoms with van der Waals surface area (Å²) in [6, 6.07) is 11.5. The molecule has 2 heterocycles. The van der Waals surface area contributed by atoms with Crippen LogP contribution in [0.25, 0.3) is 11.5 Å². The summed E-state index contributed by atoms with van der Waals surface area (Å²) in [5.74, 6) is 2.03. The third-order valence-electron chi connectivity index (χ3n) is 3.87. The Morgan fingerprint density at radius 2 is 1.85 bits per heavy atom. The van der Waals surface area contributed by atoms with Gasteiger partial charge in [0.25, 0.3) is 0 Å². The molecule has 10 heteroatoms. The summed E-state index contributed by atoms with van der Waals surface area (Å²) in [7, 11) is -2.20. The second-order valence-corrected chi connectivity index (χ2v) is 7.34. The number of hydrogen-bond donors (Lipinski definition) is 1. The van der Waals surface area contributed by atoms with Crippen molar-refractivity contribution in [2.75, 3.05) is 13.9 Å². The van der Waals surface area contributed by atoms with E-state index in [4.69, 9.17) is 18.6 Å². The summed E-state index contributed by atoms with van der Waals surface area (Å²) >= 11 is 0. The predicted molar refractivity (Wildman–Crippen MR) is 92.9 cm³/mol. The van der Waals surface area contributed by atoms with E-state index in [1.165, 1.54) is 12.1 Å². The Balaban J connectivity index is 1.46. The Morgan fingerprint density at radius 1 is 1.07 bits per heavy atom. The van der Waals surface area contributed by atoms with Gasteiger partial charge in [0.05, 0.1) is 18.6 Å². The van der Waals surface area contributed by atoms with Crippen molar-refractivity contribution in [1.29, 1.82) is 0 Å². The second kappa shape index (κ2) is 6.89. The van der Waals surface area contributed by atoms with Gasteiger partial charge in [-0.15, -0.1) is 10.2 Å². The fourth-order valence-electron chi connectivity index (χ4n) is 2.46. The fourth-order valence-corrected chi connectivity index (χ4v) is 3.45. The molecule has 9 nitrogen and oxygen atoms in total. The molecule has 1 N–H and O–H groups in total. The maximum absolute atomic E-state index is 12.4. The summed E-state index contributed by atoms with van der Waals surface area (Å²) in [6.45, 7) is -0.0671. The molecule has 1 aromatic heterocycles. The first-order valence-electron chi connectivity index (χ1n) is 7.91. The highest BCUT2D eigenvalue weighted by molar-refractivity contribution is 7.89. The van der Waals surface area contributed by atoms with E-state index in [9.17, 15) is 8.42 Å². The molecule has 0 saturated carbocycles. The van der Waals surface area contributed by atoms with Crippen molar-refractivity contribution in [2.24, 2.45) is 0 Å².